The Morgan fingerprint density at radius 3 is 2.17 bits per heavy atom. The topological polar surface area (TPSA) is 27.7 Å². The van der Waals surface area contributed by atoms with Gasteiger partial charge in [-0.05, 0) is 6.42 Å². The summed E-state index contributed by atoms with van der Waals surface area (Å²) >= 11 is 3.28. The second-order valence-corrected chi connectivity index (χ2v) is 3.05. The number of alkyl halides is 1. The van der Waals surface area contributed by atoms with Gasteiger partial charge >= 0.3 is 0 Å². The molecule has 0 saturated heterocycles. The molecule has 0 aromatic rings. The fraction of sp³-hybridized carbons (Fsp3) is 1.00. The van der Waals surface area contributed by atoms with E-state index in [1.54, 1.807) is 7.11 Å². The second kappa shape index (κ2) is 11.4. The van der Waals surface area contributed by atoms with Gasteiger partial charge in [0.15, 0.2) is 0 Å². The van der Waals surface area contributed by atoms with Gasteiger partial charge in [0.25, 0.3) is 0 Å². The molecule has 0 atom stereocenters. The zero-order chi connectivity index (χ0) is 9.07. The summed E-state index contributed by atoms with van der Waals surface area (Å²) in [6, 6.07) is 0. The largest absolute Gasteiger partial charge is 0.382 e. The van der Waals surface area contributed by atoms with Crippen LogP contribution in [0.3, 0.4) is 0 Å². The van der Waals surface area contributed by atoms with Crippen LogP contribution in [0.25, 0.3) is 0 Å². The molecule has 0 bridgehead atoms. The Balaban J connectivity index is 2.73. The Bertz CT molecular complexity index is 70.7. The van der Waals surface area contributed by atoms with Crippen LogP contribution in [0.1, 0.15) is 6.42 Å². The molecule has 0 heterocycles. The quantitative estimate of drug-likeness (QED) is 0.451. The Morgan fingerprint density at radius 1 is 0.917 bits per heavy atom. The van der Waals surface area contributed by atoms with E-state index < -0.39 is 0 Å². The molecule has 0 aliphatic carbocycles. The van der Waals surface area contributed by atoms with Gasteiger partial charge in [0, 0.05) is 25.7 Å². The number of halogens is 1. The Kier molecular flexibility index (Phi) is 11.7. The van der Waals surface area contributed by atoms with Crippen molar-refractivity contribution in [2.45, 2.75) is 6.42 Å². The highest BCUT2D eigenvalue weighted by Crippen LogP contribution is 1.87. The summed E-state index contributed by atoms with van der Waals surface area (Å²) < 4.78 is 15.3. The number of methoxy groups -OCH3 is 1. The third-order valence-corrected chi connectivity index (χ3v) is 1.55. The maximum absolute atomic E-state index is 5.24. The van der Waals surface area contributed by atoms with Gasteiger partial charge in [0.2, 0.25) is 0 Å². The first-order valence-corrected chi connectivity index (χ1v) is 5.24. The van der Waals surface area contributed by atoms with E-state index in [1.165, 1.54) is 0 Å². The van der Waals surface area contributed by atoms with Crippen LogP contribution in [0.15, 0.2) is 0 Å². The predicted octanol–water partition coefficient (Wildman–Crippen LogP) is 1.45. The van der Waals surface area contributed by atoms with Crippen molar-refractivity contribution in [2.24, 2.45) is 0 Å². The average molecular weight is 241 g/mol. The van der Waals surface area contributed by atoms with E-state index in [4.69, 9.17) is 14.2 Å². The monoisotopic (exact) mass is 240 g/mol. The molecule has 0 radical (unpaired) electrons. The van der Waals surface area contributed by atoms with Crippen LogP contribution in [0.5, 0.6) is 0 Å². The maximum Gasteiger partial charge on any atom is 0.0700 e. The lowest BCUT2D eigenvalue weighted by Crippen LogP contribution is -2.06. The highest BCUT2D eigenvalue weighted by molar-refractivity contribution is 9.09. The van der Waals surface area contributed by atoms with Crippen LogP contribution in [0, 0.1) is 0 Å². The molecule has 0 N–H and O–H groups in total. The molecule has 0 rings (SSSR count). The van der Waals surface area contributed by atoms with Crippen molar-refractivity contribution in [3.8, 4) is 0 Å². The molecule has 74 valence electrons. The molecule has 0 aliphatic rings. The van der Waals surface area contributed by atoms with Gasteiger partial charge in [-0.15, -0.1) is 0 Å². The number of hydrogen-bond acceptors (Lipinski definition) is 3. The Labute approximate surface area is 82.5 Å². The normalized spacial score (nSPS) is 10.5. The highest BCUT2D eigenvalue weighted by atomic mass is 79.9. The lowest BCUT2D eigenvalue weighted by molar-refractivity contribution is 0.0538. The Morgan fingerprint density at radius 2 is 1.58 bits per heavy atom. The summed E-state index contributed by atoms with van der Waals surface area (Å²) in [6.07, 6.45) is 0.955. The van der Waals surface area contributed by atoms with Crippen LogP contribution >= 0.6 is 15.9 Å². The number of ether oxygens (including phenoxy) is 3. The van der Waals surface area contributed by atoms with Gasteiger partial charge in [-0.2, -0.15) is 0 Å². The summed E-state index contributed by atoms with van der Waals surface area (Å²) in [6.45, 7) is 3.65. The first kappa shape index (κ1) is 12.4. The molecule has 0 amide bonds. The van der Waals surface area contributed by atoms with Crippen LogP contribution in [0.4, 0.5) is 0 Å². The van der Waals surface area contributed by atoms with E-state index in [-0.39, 0.29) is 0 Å². The SMILES string of the molecule is COCCOCCCOCCBr. The van der Waals surface area contributed by atoms with E-state index in [1.807, 2.05) is 0 Å². The van der Waals surface area contributed by atoms with Crippen LogP contribution in [-0.4, -0.2) is 45.5 Å². The van der Waals surface area contributed by atoms with Crippen LogP contribution < -0.4 is 0 Å². The van der Waals surface area contributed by atoms with Crippen LogP contribution in [0.2, 0.25) is 0 Å². The molecule has 0 aromatic carbocycles. The summed E-state index contributed by atoms with van der Waals surface area (Å²) in [4.78, 5) is 0. The fourth-order valence-corrected chi connectivity index (χ4v) is 0.893. The first-order valence-electron chi connectivity index (χ1n) is 4.12. The third-order valence-electron chi connectivity index (χ3n) is 1.23. The van der Waals surface area contributed by atoms with Gasteiger partial charge in [-0.25, -0.2) is 0 Å². The van der Waals surface area contributed by atoms with Gasteiger partial charge in [0.1, 0.15) is 0 Å². The molecule has 0 unspecified atom stereocenters. The highest BCUT2D eigenvalue weighted by Gasteiger charge is 1.89. The molecule has 0 saturated carbocycles. The zero-order valence-electron chi connectivity index (χ0n) is 7.55. The molecular formula is C8H17BrO3. The minimum Gasteiger partial charge on any atom is -0.382 e. The van der Waals surface area contributed by atoms with E-state index in [2.05, 4.69) is 15.9 Å². The fourth-order valence-electron chi connectivity index (χ4n) is 0.664. The van der Waals surface area contributed by atoms with Gasteiger partial charge in [-0.3, -0.25) is 0 Å². The minimum absolute atomic E-state index is 0.669. The summed E-state index contributed by atoms with van der Waals surface area (Å²) in [5.74, 6) is 0. The summed E-state index contributed by atoms with van der Waals surface area (Å²) in [5, 5.41) is 0.900. The second-order valence-electron chi connectivity index (χ2n) is 2.26. The van der Waals surface area contributed by atoms with Crippen molar-refractivity contribution in [3.05, 3.63) is 0 Å². The number of hydrogen-bond donors (Lipinski definition) is 0. The minimum atomic E-state index is 0.669. The van der Waals surface area contributed by atoms with E-state index in [0.717, 1.165) is 31.6 Å². The van der Waals surface area contributed by atoms with Crippen molar-refractivity contribution in [3.63, 3.8) is 0 Å². The molecule has 4 heteroatoms. The molecule has 0 spiro atoms. The third kappa shape index (κ3) is 10.4. The van der Waals surface area contributed by atoms with Crippen molar-refractivity contribution >= 4 is 15.9 Å². The predicted molar refractivity (Wildman–Crippen MR) is 51.9 cm³/mol. The number of rotatable bonds is 9. The van der Waals surface area contributed by atoms with Crippen molar-refractivity contribution in [2.75, 3.05) is 45.5 Å². The smallest absolute Gasteiger partial charge is 0.0700 e. The van der Waals surface area contributed by atoms with E-state index in [0.29, 0.717) is 13.2 Å². The molecule has 0 aromatic heterocycles. The molecule has 3 nitrogen and oxygen atoms in total. The van der Waals surface area contributed by atoms with Gasteiger partial charge < -0.3 is 14.2 Å². The standard InChI is InChI=1S/C8H17BrO3/c1-10-7-8-12-5-2-4-11-6-3-9/h2-8H2,1H3. The van der Waals surface area contributed by atoms with Crippen molar-refractivity contribution in [1.29, 1.82) is 0 Å². The maximum atomic E-state index is 5.24. The zero-order valence-corrected chi connectivity index (χ0v) is 9.14. The molecular weight excluding hydrogens is 224 g/mol. The van der Waals surface area contributed by atoms with Crippen LogP contribution in [-0.2, 0) is 14.2 Å². The molecule has 0 fully saturated rings. The van der Waals surface area contributed by atoms with Gasteiger partial charge in [-0.1, -0.05) is 15.9 Å². The molecule has 12 heavy (non-hydrogen) atoms. The van der Waals surface area contributed by atoms with E-state index >= 15 is 0 Å². The lowest BCUT2D eigenvalue weighted by atomic mass is 10.5. The molecule has 0 aliphatic heterocycles. The summed E-state index contributed by atoms with van der Waals surface area (Å²) in [7, 11) is 1.67. The van der Waals surface area contributed by atoms with E-state index in [9.17, 15) is 0 Å². The van der Waals surface area contributed by atoms with Crippen molar-refractivity contribution < 1.29 is 14.2 Å². The van der Waals surface area contributed by atoms with Crippen molar-refractivity contribution in [1.82, 2.24) is 0 Å². The lowest BCUT2D eigenvalue weighted by Gasteiger charge is -2.03. The van der Waals surface area contributed by atoms with Gasteiger partial charge in [0.05, 0.1) is 19.8 Å². The summed E-state index contributed by atoms with van der Waals surface area (Å²) in [5.41, 5.74) is 0. The average Bonchev–Trinajstić information content (AvgIpc) is 2.10. The first-order chi connectivity index (χ1) is 5.91. The Hall–Kier alpha value is 0.360.